The third-order valence-corrected chi connectivity index (χ3v) is 3.18. The minimum absolute atomic E-state index is 0. The molecule has 0 aromatic heterocycles. The van der Waals surface area contributed by atoms with Gasteiger partial charge in [-0.1, -0.05) is 0 Å². The molecule has 5 nitrogen and oxygen atoms in total. The topological polar surface area (TPSA) is 69.6 Å². The number of aliphatic carboxylic acids is 1. The smallest absolute Gasteiger partial charge is 0.326 e. The molecule has 2 aliphatic heterocycles. The summed E-state index contributed by atoms with van der Waals surface area (Å²) < 4.78 is 0. The fourth-order valence-electron chi connectivity index (χ4n) is 2.38. The lowest BCUT2D eigenvalue weighted by Gasteiger charge is -2.24. The third kappa shape index (κ3) is 2.55. The van der Waals surface area contributed by atoms with Gasteiger partial charge in [0.15, 0.2) is 0 Å². The van der Waals surface area contributed by atoms with E-state index in [4.69, 9.17) is 5.11 Å². The molecule has 1 unspecified atom stereocenters. The van der Waals surface area contributed by atoms with Gasteiger partial charge in [-0.15, -0.1) is 17.0 Å². The Bertz CT molecular complexity index is 279. The number of amides is 1. The second kappa shape index (κ2) is 5.63. The molecule has 0 bridgehead atoms. The average Bonchev–Trinajstić information content (AvgIpc) is 2.88. The molecule has 0 aromatic rings. The van der Waals surface area contributed by atoms with Crippen LogP contribution in [0.4, 0.5) is 0 Å². The summed E-state index contributed by atoms with van der Waals surface area (Å²) in [5, 5.41) is 12.1. The van der Waals surface area contributed by atoms with Crippen LogP contribution in [0, 0.1) is 0 Å². The molecule has 2 heterocycles. The summed E-state index contributed by atoms with van der Waals surface area (Å²) in [7, 11) is 0. The quantitative estimate of drug-likeness (QED) is 0.773. The number of nitrogens with zero attached hydrogens (tertiary/aromatic N) is 1. The van der Waals surface area contributed by atoms with Crippen LogP contribution < -0.4 is 5.32 Å². The molecule has 0 spiro atoms. The Labute approximate surface area is 105 Å². The minimum atomic E-state index is -0.876. The Kier molecular flexibility index (Phi) is 4.73. The van der Waals surface area contributed by atoms with Crippen LogP contribution in [0.5, 0.6) is 0 Å². The Morgan fingerprint density at radius 3 is 2.56 bits per heavy atom. The van der Waals surface area contributed by atoms with Crippen molar-refractivity contribution in [3.63, 3.8) is 0 Å². The van der Waals surface area contributed by atoms with Crippen molar-refractivity contribution < 1.29 is 14.7 Å². The van der Waals surface area contributed by atoms with E-state index in [2.05, 4.69) is 5.32 Å². The van der Waals surface area contributed by atoms with Crippen LogP contribution >= 0.6 is 17.0 Å². The normalized spacial score (nSPS) is 28.9. The zero-order valence-corrected chi connectivity index (χ0v) is 10.7. The molecule has 0 saturated carbocycles. The number of carbonyl (C=O) groups excluding carboxylic acids is 1. The predicted molar refractivity (Wildman–Crippen MR) is 63.7 cm³/mol. The predicted octanol–water partition coefficient (Wildman–Crippen LogP) is 0.392. The van der Waals surface area contributed by atoms with Crippen molar-refractivity contribution in [2.75, 3.05) is 13.1 Å². The van der Waals surface area contributed by atoms with Crippen LogP contribution in [0.15, 0.2) is 0 Å². The first-order chi connectivity index (χ1) is 7.20. The zero-order chi connectivity index (χ0) is 10.8. The molecule has 0 radical (unpaired) electrons. The summed E-state index contributed by atoms with van der Waals surface area (Å²) in [6.45, 7) is 1.45. The van der Waals surface area contributed by atoms with Gasteiger partial charge in [0.25, 0.3) is 0 Å². The lowest BCUT2D eigenvalue weighted by molar-refractivity contribution is -0.148. The van der Waals surface area contributed by atoms with Gasteiger partial charge in [-0.05, 0) is 32.2 Å². The number of carboxylic acid groups (broad SMARTS) is 1. The van der Waals surface area contributed by atoms with E-state index in [0.29, 0.717) is 13.0 Å². The first kappa shape index (κ1) is 13.4. The Hall–Kier alpha value is -0.620. The molecule has 2 atom stereocenters. The highest BCUT2D eigenvalue weighted by atomic mass is 79.9. The van der Waals surface area contributed by atoms with E-state index in [9.17, 15) is 9.59 Å². The highest BCUT2D eigenvalue weighted by Gasteiger charge is 2.37. The van der Waals surface area contributed by atoms with Gasteiger partial charge in [-0.3, -0.25) is 4.79 Å². The molecular weight excluding hydrogens is 276 g/mol. The van der Waals surface area contributed by atoms with Gasteiger partial charge in [0.2, 0.25) is 5.91 Å². The standard InChI is InChI=1S/C10H16N2O3.BrH/c13-9(7-3-1-5-11-7)12-6-2-4-8(12)10(14)15;/h7-8,11H,1-6H2,(H,14,15);1H/t7?,8-;/m0./s1. The zero-order valence-electron chi connectivity index (χ0n) is 9.02. The van der Waals surface area contributed by atoms with Gasteiger partial charge < -0.3 is 15.3 Å². The van der Waals surface area contributed by atoms with Gasteiger partial charge >= 0.3 is 5.97 Å². The first-order valence-electron chi connectivity index (χ1n) is 5.47. The number of hydrogen-bond donors (Lipinski definition) is 2. The number of halogens is 1. The summed E-state index contributed by atoms with van der Waals surface area (Å²) in [6.07, 6.45) is 3.23. The Morgan fingerprint density at radius 1 is 1.25 bits per heavy atom. The molecule has 2 aliphatic rings. The molecule has 16 heavy (non-hydrogen) atoms. The van der Waals surface area contributed by atoms with E-state index in [0.717, 1.165) is 25.8 Å². The lowest BCUT2D eigenvalue weighted by atomic mass is 10.1. The maximum Gasteiger partial charge on any atom is 0.326 e. The van der Waals surface area contributed by atoms with Gasteiger partial charge in [0, 0.05) is 6.54 Å². The van der Waals surface area contributed by atoms with Crippen molar-refractivity contribution in [1.82, 2.24) is 10.2 Å². The van der Waals surface area contributed by atoms with Crippen LogP contribution in [-0.4, -0.2) is 47.1 Å². The summed E-state index contributed by atoms with van der Waals surface area (Å²) in [5.41, 5.74) is 0. The summed E-state index contributed by atoms with van der Waals surface area (Å²) in [6, 6.07) is -0.746. The van der Waals surface area contributed by atoms with Crippen LogP contribution in [-0.2, 0) is 9.59 Å². The highest BCUT2D eigenvalue weighted by molar-refractivity contribution is 8.93. The fraction of sp³-hybridized carbons (Fsp3) is 0.800. The van der Waals surface area contributed by atoms with Gasteiger partial charge in [-0.2, -0.15) is 0 Å². The van der Waals surface area contributed by atoms with Crippen molar-refractivity contribution in [2.24, 2.45) is 0 Å². The largest absolute Gasteiger partial charge is 0.480 e. The van der Waals surface area contributed by atoms with E-state index in [-0.39, 0.29) is 28.9 Å². The van der Waals surface area contributed by atoms with Crippen LogP contribution in [0.2, 0.25) is 0 Å². The van der Waals surface area contributed by atoms with E-state index in [1.165, 1.54) is 4.90 Å². The van der Waals surface area contributed by atoms with E-state index >= 15 is 0 Å². The number of carbonyl (C=O) groups is 2. The Balaban J connectivity index is 0.00000128. The molecule has 92 valence electrons. The van der Waals surface area contributed by atoms with Crippen molar-refractivity contribution in [1.29, 1.82) is 0 Å². The molecule has 1 amide bonds. The second-order valence-corrected chi connectivity index (χ2v) is 4.18. The maximum atomic E-state index is 12.0. The van der Waals surface area contributed by atoms with E-state index in [1.54, 1.807) is 0 Å². The SMILES string of the molecule is Br.O=C(O)[C@@H]1CCCN1C(=O)C1CCCN1. The summed E-state index contributed by atoms with van der Waals surface area (Å²) in [5.74, 6) is -0.906. The third-order valence-electron chi connectivity index (χ3n) is 3.18. The van der Waals surface area contributed by atoms with Crippen molar-refractivity contribution in [3.8, 4) is 0 Å². The van der Waals surface area contributed by atoms with E-state index < -0.39 is 12.0 Å². The minimum Gasteiger partial charge on any atom is -0.480 e. The van der Waals surface area contributed by atoms with Crippen molar-refractivity contribution in [3.05, 3.63) is 0 Å². The maximum absolute atomic E-state index is 12.0. The molecule has 0 aromatic carbocycles. The van der Waals surface area contributed by atoms with Crippen LogP contribution in [0.3, 0.4) is 0 Å². The molecule has 0 aliphatic carbocycles. The van der Waals surface area contributed by atoms with Gasteiger partial charge in [0.1, 0.15) is 6.04 Å². The number of nitrogens with one attached hydrogen (secondary N) is 1. The molecule has 6 heteroatoms. The summed E-state index contributed by atoms with van der Waals surface area (Å²) in [4.78, 5) is 24.4. The molecular formula is C10H17BrN2O3. The number of rotatable bonds is 2. The molecule has 2 N–H and O–H groups in total. The average molecular weight is 293 g/mol. The van der Waals surface area contributed by atoms with Crippen LogP contribution in [0.25, 0.3) is 0 Å². The first-order valence-corrected chi connectivity index (χ1v) is 5.47. The number of carboxylic acids is 1. The number of hydrogen-bond acceptors (Lipinski definition) is 3. The van der Waals surface area contributed by atoms with Crippen LogP contribution in [0.1, 0.15) is 25.7 Å². The molecule has 2 saturated heterocycles. The van der Waals surface area contributed by atoms with E-state index in [1.807, 2.05) is 0 Å². The molecule has 2 fully saturated rings. The van der Waals surface area contributed by atoms with Gasteiger partial charge in [0.05, 0.1) is 6.04 Å². The van der Waals surface area contributed by atoms with Gasteiger partial charge in [-0.25, -0.2) is 4.79 Å². The highest BCUT2D eigenvalue weighted by Crippen LogP contribution is 2.20. The second-order valence-electron chi connectivity index (χ2n) is 4.18. The van der Waals surface area contributed by atoms with Crippen molar-refractivity contribution in [2.45, 2.75) is 37.8 Å². The monoisotopic (exact) mass is 292 g/mol. The molecule has 2 rings (SSSR count). The fourth-order valence-corrected chi connectivity index (χ4v) is 2.38. The Morgan fingerprint density at radius 2 is 2.00 bits per heavy atom. The number of likely N-dealkylation sites (tertiary alicyclic amines) is 1. The van der Waals surface area contributed by atoms with Crippen molar-refractivity contribution >= 4 is 28.9 Å². The lowest BCUT2D eigenvalue weighted by Crippen LogP contribution is -2.48. The summed E-state index contributed by atoms with van der Waals surface area (Å²) >= 11 is 0.